The molecule has 0 atom stereocenters. The fourth-order valence-electron chi connectivity index (χ4n) is 1.20. The van der Waals surface area contributed by atoms with Gasteiger partial charge >= 0.3 is 0 Å². The molecule has 0 aliphatic heterocycles. The van der Waals surface area contributed by atoms with Crippen molar-refractivity contribution in [3.63, 3.8) is 0 Å². The highest BCUT2D eigenvalue weighted by molar-refractivity contribution is 6.77. The van der Waals surface area contributed by atoms with E-state index < -0.39 is 8.07 Å². The standard InChI is InChI=1S/C9H23NOSi/c1-4-11-7-9-12(2,3)8-5-6-10/h4-10H2,1-3H3. The van der Waals surface area contributed by atoms with Gasteiger partial charge in [-0.15, -0.1) is 0 Å². The minimum absolute atomic E-state index is 0.838. The average molecular weight is 189 g/mol. The Balaban J connectivity index is 3.42. The van der Waals surface area contributed by atoms with Gasteiger partial charge in [-0.25, -0.2) is 0 Å². The molecule has 0 saturated heterocycles. The fraction of sp³-hybridized carbons (Fsp3) is 1.00. The van der Waals surface area contributed by atoms with Crippen LogP contribution in [-0.2, 0) is 4.74 Å². The van der Waals surface area contributed by atoms with Gasteiger partial charge in [0.15, 0.2) is 0 Å². The van der Waals surface area contributed by atoms with E-state index in [1.807, 2.05) is 0 Å². The molecule has 0 aromatic rings. The van der Waals surface area contributed by atoms with Crippen LogP contribution < -0.4 is 5.73 Å². The number of nitrogens with two attached hydrogens (primary N) is 1. The third-order valence-electron chi connectivity index (χ3n) is 2.18. The molecule has 0 radical (unpaired) electrons. The second kappa shape index (κ2) is 6.63. The van der Waals surface area contributed by atoms with Crippen LogP contribution in [-0.4, -0.2) is 27.8 Å². The lowest BCUT2D eigenvalue weighted by atomic mass is 10.5. The van der Waals surface area contributed by atoms with Crippen molar-refractivity contribution in [1.29, 1.82) is 0 Å². The van der Waals surface area contributed by atoms with Crippen LogP contribution in [0.3, 0.4) is 0 Å². The molecule has 0 aromatic carbocycles. The summed E-state index contributed by atoms with van der Waals surface area (Å²) >= 11 is 0. The Labute approximate surface area is 77.5 Å². The molecule has 0 rings (SSSR count). The molecule has 12 heavy (non-hydrogen) atoms. The van der Waals surface area contributed by atoms with E-state index in [2.05, 4.69) is 20.0 Å². The van der Waals surface area contributed by atoms with Crippen LogP contribution in [0.25, 0.3) is 0 Å². The minimum Gasteiger partial charge on any atom is -0.382 e. The highest BCUT2D eigenvalue weighted by Crippen LogP contribution is 2.16. The predicted octanol–water partition coefficient (Wildman–Crippen LogP) is 2.08. The van der Waals surface area contributed by atoms with Gasteiger partial charge in [-0.1, -0.05) is 19.1 Å². The Morgan fingerprint density at radius 1 is 1.25 bits per heavy atom. The van der Waals surface area contributed by atoms with E-state index in [0.29, 0.717) is 0 Å². The van der Waals surface area contributed by atoms with E-state index in [9.17, 15) is 0 Å². The Hall–Kier alpha value is 0.137. The van der Waals surface area contributed by atoms with Crippen molar-refractivity contribution in [3.8, 4) is 0 Å². The predicted molar refractivity (Wildman–Crippen MR) is 57.3 cm³/mol. The van der Waals surface area contributed by atoms with E-state index in [1.165, 1.54) is 18.5 Å². The highest BCUT2D eigenvalue weighted by atomic mass is 28.3. The quantitative estimate of drug-likeness (QED) is 0.491. The highest BCUT2D eigenvalue weighted by Gasteiger charge is 2.18. The van der Waals surface area contributed by atoms with Crippen LogP contribution in [0.15, 0.2) is 0 Å². The molecule has 0 aliphatic carbocycles. The first-order chi connectivity index (χ1) is 5.62. The molecular formula is C9H23NOSi. The normalized spacial score (nSPS) is 12.0. The zero-order valence-electron chi connectivity index (χ0n) is 8.73. The summed E-state index contributed by atoms with van der Waals surface area (Å²) in [6.07, 6.45) is 1.19. The van der Waals surface area contributed by atoms with Crippen LogP contribution in [0.1, 0.15) is 13.3 Å². The van der Waals surface area contributed by atoms with E-state index in [0.717, 1.165) is 19.8 Å². The molecule has 0 bridgehead atoms. The number of hydrogen-bond acceptors (Lipinski definition) is 2. The van der Waals surface area contributed by atoms with Crippen LogP contribution >= 0.6 is 0 Å². The molecule has 2 N–H and O–H groups in total. The summed E-state index contributed by atoms with van der Waals surface area (Å²) in [6, 6.07) is 2.62. The van der Waals surface area contributed by atoms with Crippen molar-refractivity contribution < 1.29 is 4.74 Å². The zero-order chi connectivity index (χ0) is 9.45. The lowest BCUT2D eigenvalue weighted by Crippen LogP contribution is -2.27. The fourth-order valence-corrected chi connectivity index (χ4v) is 3.31. The number of hydrogen-bond donors (Lipinski definition) is 1. The average Bonchev–Trinajstić information content (AvgIpc) is 2.01. The largest absolute Gasteiger partial charge is 0.382 e. The molecule has 0 saturated carbocycles. The lowest BCUT2D eigenvalue weighted by Gasteiger charge is -2.21. The second-order valence-corrected chi connectivity index (χ2v) is 9.33. The third-order valence-corrected chi connectivity index (χ3v) is 5.45. The van der Waals surface area contributed by atoms with Gasteiger partial charge in [0.1, 0.15) is 0 Å². The van der Waals surface area contributed by atoms with Gasteiger partial charge in [0.2, 0.25) is 0 Å². The Morgan fingerprint density at radius 3 is 2.42 bits per heavy atom. The molecule has 0 unspecified atom stereocenters. The Bertz CT molecular complexity index is 107. The van der Waals surface area contributed by atoms with Crippen molar-refractivity contribution in [3.05, 3.63) is 0 Å². The van der Waals surface area contributed by atoms with Crippen molar-refractivity contribution in [2.24, 2.45) is 5.73 Å². The maximum atomic E-state index is 5.48. The van der Waals surface area contributed by atoms with Crippen LogP contribution in [0.5, 0.6) is 0 Å². The molecule has 0 spiro atoms. The molecule has 0 aromatic heterocycles. The van der Waals surface area contributed by atoms with E-state index in [-0.39, 0.29) is 0 Å². The van der Waals surface area contributed by atoms with Crippen molar-refractivity contribution in [2.45, 2.75) is 38.5 Å². The topological polar surface area (TPSA) is 35.2 Å². The molecular weight excluding hydrogens is 166 g/mol. The van der Waals surface area contributed by atoms with E-state index in [4.69, 9.17) is 10.5 Å². The first-order valence-corrected chi connectivity index (χ1v) is 8.31. The maximum Gasteiger partial charge on any atom is 0.0497 e. The molecule has 74 valence electrons. The van der Waals surface area contributed by atoms with Gasteiger partial charge in [-0.05, 0) is 25.9 Å². The summed E-state index contributed by atoms with van der Waals surface area (Å²) in [5, 5.41) is 0. The van der Waals surface area contributed by atoms with Crippen LogP contribution in [0.2, 0.25) is 25.2 Å². The number of ether oxygens (including phenoxy) is 1. The summed E-state index contributed by atoms with van der Waals surface area (Å²) in [5.41, 5.74) is 5.48. The van der Waals surface area contributed by atoms with Gasteiger partial charge in [0.05, 0.1) is 0 Å². The minimum atomic E-state index is -0.967. The molecule has 0 aliphatic rings. The summed E-state index contributed by atoms with van der Waals surface area (Å²) < 4.78 is 5.35. The van der Waals surface area contributed by atoms with Gasteiger partial charge in [-0.3, -0.25) is 0 Å². The van der Waals surface area contributed by atoms with Gasteiger partial charge < -0.3 is 10.5 Å². The number of rotatable bonds is 7. The smallest absolute Gasteiger partial charge is 0.0497 e. The van der Waals surface area contributed by atoms with Crippen molar-refractivity contribution in [2.75, 3.05) is 19.8 Å². The second-order valence-electron chi connectivity index (χ2n) is 4.00. The van der Waals surface area contributed by atoms with Gasteiger partial charge in [0.25, 0.3) is 0 Å². The SMILES string of the molecule is CCOCC[Si](C)(C)CCCN. The zero-order valence-corrected chi connectivity index (χ0v) is 9.73. The van der Waals surface area contributed by atoms with E-state index in [1.54, 1.807) is 0 Å². The third kappa shape index (κ3) is 6.82. The summed E-state index contributed by atoms with van der Waals surface area (Å²) in [6.45, 7) is 9.52. The Kier molecular flexibility index (Phi) is 6.71. The monoisotopic (exact) mass is 189 g/mol. The molecule has 0 amide bonds. The first kappa shape index (κ1) is 12.1. The molecule has 0 fully saturated rings. The molecule has 3 heteroatoms. The summed E-state index contributed by atoms with van der Waals surface area (Å²) in [7, 11) is -0.967. The lowest BCUT2D eigenvalue weighted by molar-refractivity contribution is 0.161. The van der Waals surface area contributed by atoms with E-state index >= 15 is 0 Å². The van der Waals surface area contributed by atoms with Crippen LogP contribution in [0.4, 0.5) is 0 Å². The summed E-state index contributed by atoms with van der Waals surface area (Å²) in [4.78, 5) is 0. The Morgan fingerprint density at radius 2 is 1.92 bits per heavy atom. The molecule has 2 nitrogen and oxygen atoms in total. The van der Waals surface area contributed by atoms with Gasteiger partial charge in [0, 0.05) is 21.3 Å². The van der Waals surface area contributed by atoms with Crippen LogP contribution in [0, 0.1) is 0 Å². The van der Waals surface area contributed by atoms with Crippen molar-refractivity contribution in [1.82, 2.24) is 0 Å². The maximum absolute atomic E-state index is 5.48. The first-order valence-electron chi connectivity index (χ1n) is 4.90. The summed E-state index contributed by atoms with van der Waals surface area (Å²) in [5.74, 6) is 0. The van der Waals surface area contributed by atoms with Gasteiger partial charge in [-0.2, -0.15) is 0 Å². The van der Waals surface area contributed by atoms with Crippen molar-refractivity contribution >= 4 is 8.07 Å². The molecule has 0 heterocycles.